The second-order valence-electron chi connectivity index (χ2n) is 7.64. The minimum atomic E-state index is -0.192. The van der Waals surface area contributed by atoms with Crippen LogP contribution in [0.15, 0.2) is 65.3 Å². The molecule has 0 saturated carbocycles. The largest absolute Gasteiger partial charge is 0.568 e. The Bertz CT molecular complexity index is 923. The number of ether oxygens (including phenoxy) is 1. The van der Waals surface area contributed by atoms with Gasteiger partial charge in [0.1, 0.15) is 5.57 Å². The van der Waals surface area contributed by atoms with Crippen LogP contribution in [0.3, 0.4) is 0 Å². The molecule has 0 fully saturated rings. The molecule has 0 bridgehead atoms. The van der Waals surface area contributed by atoms with Gasteiger partial charge in [0.15, 0.2) is 0 Å². The van der Waals surface area contributed by atoms with E-state index in [0.29, 0.717) is 23.8 Å². The summed E-state index contributed by atoms with van der Waals surface area (Å²) in [6.07, 6.45) is 6.29. The molecular weight excluding hydrogens is 400 g/mol. The van der Waals surface area contributed by atoms with Crippen molar-refractivity contribution in [3.05, 3.63) is 71.2 Å². The Morgan fingerprint density at radius 1 is 1.00 bits per heavy atom. The molecular formula is C26H33N4O2-. The number of hydrazone groups is 1. The highest BCUT2D eigenvalue weighted by Gasteiger charge is 2.32. The zero-order chi connectivity index (χ0) is 22.8. The normalized spacial score (nSPS) is 14.7. The Hall–Kier alpha value is -3.12. The van der Waals surface area contributed by atoms with Crippen LogP contribution in [-0.4, -0.2) is 31.5 Å². The molecule has 1 amide bonds. The number of amides is 1. The lowest BCUT2D eigenvalue weighted by atomic mass is 10.1. The second-order valence-corrected chi connectivity index (χ2v) is 7.64. The maximum atomic E-state index is 13.1. The Balaban J connectivity index is 1.80. The van der Waals surface area contributed by atoms with Crippen LogP contribution in [0.25, 0.3) is 11.5 Å². The van der Waals surface area contributed by atoms with Crippen molar-refractivity contribution in [2.75, 3.05) is 29.7 Å². The molecule has 3 rings (SSSR count). The van der Waals surface area contributed by atoms with E-state index >= 15 is 0 Å². The number of rotatable bonds is 11. The standard InChI is InChI=1S/C26H33N4O2/c1-4-7-18-27-29(19-8-5-2)22-16-14-21(15-17-22)20-24-25(32-6-3)28-30(26(24)31)23-12-10-9-11-13-23/h9-17,20H,4-8,18-19H2,1-3H3/q-1. The van der Waals surface area contributed by atoms with Gasteiger partial charge in [-0.3, -0.25) is 4.79 Å². The molecule has 2 aromatic rings. The second kappa shape index (κ2) is 12.1. The Labute approximate surface area is 191 Å². The minimum absolute atomic E-state index is 0.192. The van der Waals surface area contributed by atoms with E-state index in [9.17, 15) is 4.79 Å². The predicted octanol–water partition coefficient (Wildman–Crippen LogP) is 6.16. The van der Waals surface area contributed by atoms with Crippen LogP contribution in [0, 0.1) is 0 Å². The molecule has 170 valence electrons. The fourth-order valence-electron chi connectivity index (χ4n) is 3.35. The van der Waals surface area contributed by atoms with Crippen LogP contribution in [0.5, 0.6) is 0 Å². The van der Waals surface area contributed by atoms with E-state index in [2.05, 4.69) is 36.1 Å². The number of unbranched alkanes of at least 4 members (excludes halogenated alkanes) is 2. The molecule has 1 aliphatic rings. The lowest BCUT2D eigenvalue weighted by molar-refractivity contribution is -0.114. The maximum Gasteiger partial charge on any atom is 0.284 e. The third-order valence-corrected chi connectivity index (χ3v) is 5.13. The molecule has 6 nitrogen and oxygen atoms in total. The first-order valence-corrected chi connectivity index (χ1v) is 11.6. The Kier molecular flexibility index (Phi) is 8.87. The highest BCUT2D eigenvalue weighted by molar-refractivity contribution is 6.30. The number of benzene rings is 2. The summed E-state index contributed by atoms with van der Waals surface area (Å²) in [7, 11) is 0. The zero-order valence-electron chi connectivity index (χ0n) is 19.3. The van der Waals surface area contributed by atoms with Gasteiger partial charge in [-0.15, -0.1) is 11.6 Å². The molecule has 6 heteroatoms. The summed E-state index contributed by atoms with van der Waals surface area (Å²) in [5, 5.41) is 7.91. The minimum Gasteiger partial charge on any atom is -0.568 e. The number of hydrogen-bond donors (Lipinski definition) is 0. The molecule has 0 N–H and O–H groups in total. The number of carbonyl (C=O) groups is 1. The molecule has 2 aromatic carbocycles. The van der Waals surface area contributed by atoms with Crippen molar-refractivity contribution in [1.29, 1.82) is 0 Å². The van der Waals surface area contributed by atoms with Crippen LogP contribution in [0.4, 0.5) is 11.4 Å². The first-order chi connectivity index (χ1) is 15.7. The predicted molar refractivity (Wildman–Crippen MR) is 133 cm³/mol. The zero-order valence-corrected chi connectivity index (χ0v) is 19.3. The van der Waals surface area contributed by atoms with Gasteiger partial charge < -0.3 is 15.2 Å². The first-order valence-electron chi connectivity index (χ1n) is 11.6. The van der Waals surface area contributed by atoms with Crippen LogP contribution in [0.2, 0.25) is 0 Å². The van der Waals surface area contributed by atoms with Gasteiger partial charge in [-0.25, -0.2) is 0 Å². The summed E-state index contributed by atoms with van der Waals surface area (Å²) in [5.74, 6) is 0.160. The third-order valence-electron chi connectivity index (χ3n) is 5.13. The van der Waals surface area contributed by atoms with Gasteiger partial charge >= 0.3 is 0 Å². The van der Waals surface area contributed by atoms with Crippen molar-refractivity contribution in [3.63, 3.8) is 0 Å². The third kappa shape index (κ3) is 5.98. The average molecular weight is 434 g/mol. The van der Waals surface area contributed by atoms with Crippen molar-refractivity contribution in [2.45, 2.75) is 46.5 Å². The van der Waals surface area contributed by atoms with Crippen LogP contribution >= 0.6 is 0 Å². The topological polar surface area (TPSA) is 59.2 Å². The highest BCUT2D eigenvalue weighted by atomic mass is 16.5. The van der Waals surface area contributed by atoms with Gasteiger partial charge in [0, 0.05) is 5.69 Å². The lowest BCUT2D eigenvalue weighted by Crippen LogP contribution is -2.21. The molecule has 32 heavy (non-hydrogen) atoms. The summed E-state index contributed by atoms with van der Waals surface area (Å²) in [4.78, 5) is 13.1. The number of carbonyl (C=O) groups excluding carboxylic acids is 1. The molecule has 0 atom stereocenters. The van der Waals surface area contributed by atoms with Crippen molar-refractivity contribution in [2.24, 2.45) is 5.10 Å². The monoisotopic (exact) mass is 433 g/mol. The SMILES string of the molecule is CCCC[N-]N(CCCC)c1ccc(C=C2C(=O)N(c3ccccc3)N=C2OCC)cc1. The number of hydrogen-bond acceptors (Lipinski definition) is 4. The van der Waals surface area contributed by atoms with Gasteiger partial charge in [0.2, 0.25) is 5.90 Å². The smallest absolute Gasteiger partial charge is 0.284 e. The van der Waals surface area contributed by atoms with Crippen LogP contribution in [-0.2, 0) is 9.53 Å². The van der Waals surface area contributed by atoms with E-state index in [0.717, 1.165) is 50.0 Å². The van der Waals surface area contributed by atoms with E-state index in [4.69, 9.17) is 10.2 Å². The molecule has 0 saturated heterocycles. The van der Waals surface area contributed by atoms with Crippen molar-refractivity contribution in [3.8, 4) is 0 Å². The van der Waals surface area contributed by atoms with Crippen molar-refractivity contribution >= 4 is 29.3 Å². The van der Waals surface area contributed by atoms with Gasteiger partial charge in [0.05, 0.1) is 12.3 Å². The molecule has 0 radical (unpaired) electrons. The molecule has 1 aliphatic heterocycles. The number of para-hydroxylation sites is 1. The highest BCUT2D eigenvalue weighted by Crippen LogP contribution is 2.26. The summed E-state index contributed by atoms with van der Waals surface area (Å²) >= 11 is 0. The van der Waals surface area contributed by atoms with E-state index < -0.39 is 0 Å². The fraction of sp³-hybridized carbons (Fsp3) is 0.385. The molecule has 0 aromatic heterocycles. The van der Waals surface area contributed by atoms with E-state index in [1.807, 2.05) is 55.5 Å². The van der Waals surface area contributed by atoms with Gasteiger partial charge in [0.25, 0.3) is 5.91 Å². The number of anilines is 2. The summed E-state index contributed by atoms with van der Waals surface area (Å²) in [5.41, 5.74) is 7.93. The maximum absolute atomic E-state index is 13.1. The molecule has 0 unspecified atom stereocenters. The van der Waals surface area contributed by atoms with Crippen molar-refractivity contribution in [1.82, 2.24) is 0 Å². The summed E-state index contributed by atoms with van der Waals surface area (Å²) in [6.45, 7) is 8.44. The fourth-order valence-corrected chi connectivity index (χ4v) is 3.35. The Morgan fingerprint density at radius 3 is 2.38 bits per heavy atom. The van der Waals surface area contributed by atoms with E-state index in [-0.39, 0.29) is 5.91 Å². The first kappa shape index (κ1) is 23.5. The molecule has 1 heterocycles. The van der Waals surface area contributed by atoms with E-state index in [1.165, 1.54) is 5.01 Å². The van der Waals surface area contributed by atoms with Gasteiger partial charge in [-0.1, -0.05) is 63.4 Å². The quantitative estimate of drug-likeness (QED) is 0.242. The van der Waals surface area contributed by atoms with Gasteiger partial charge in [-0.2, -0.15) is 5.01 Å². The lowest BCUT2D eigenvalue weighted by Gasteiger charge is -2.39. The van der Waals surface area contributed by atoms with E-state index in [1.54, 1.807) is 0 Å². The van der Waals surface area contributed by atoms with Gasteiger partial charge in [-0.05, 0) is 55.8 Å². The van der Waals surface area contributed by atoms with Crippen LogP contribution in [0.1, 0.15) is 52.0 Å². The molecule has 0 spiro atoms. The Morgan fingerprint density at radius 2 is 1.72 bits per heavy atom. The number of nitrogens with zero attached hydrogens (tertiary/aromatic N) is 4. The molecule has 0 aliphatic carbocycles. The summed E-state index contributed by atoms with van der Waals surface area (Å²) < 4.78 is 5.67. The van der Waals surface area contributed by atoms with Crippen LogP contribution < -0.4 is 10.0 Å². The average Bonchev–Trinajstić information content (AvgIpc) is 3.13. The summed E-state index contributed by atoms with van der Waals surface area (Å²) in [6, 6.07) is 17.5. The van der Waals surface area contributed by atoms with Crippen molar-refractivity contribution < 1.29 is 9.53 Å².